The van der Waals surface area contributed by atoms with Crippen LogP contribution in [0.15, 0.2) is 23.3 Å². The van der Waals surface area contributed by atoms with Crippen molar-refractivity contribution in [1.29, 1.82) is 0 Å². The van der Waals surface area contributed by atoms with E-state index in [1.807, 2.05) is 11.6 Å². The molecule has 0 unspecified atom stereocenters. The van der Waals surface area contributed by atoms with Crippen molar-refractivity contribution in [2.75, 3.05) is 18.0 Å². The molecule has 8 nitrogen and oxygen atoms in total. The molecule has 0 spiro atoms. The van der Waals surface area contributed by atoms with Crippen LogP contribution < -0.4 is 10.5 Å². The van der Waals surface area contributed by atoms with E-state index < -0.39 is 11.9 Å². The van der Waals surface area contributed by atoms with E-state index >= 15 is 0 Å². The Hall–Kier alpha value is -2.98. The van der Waals surface area contributed by atoms with Gasteiger partial charge < -0.3 is 9.88 Å². The summed E-state index contributed by atoms with van der Waals surface area (Å²) in [6, 6.07) is 1.10. The molecule has 31 heavy (non-hydrogen) atoms. The summed E-state index contributed by atoms with van der Waals surface area (Å²) in [6.45, 7) is 2.82. The molecule has 1 aliphatic heterocycles. The van der Waals surface area contributed by atoms with Gasteiger partial charge in [0.05, 0.1) is 12.2 Å². The van der Waals surface area contributed by atoms with E-state index in [4.69, 9.17) is 4.98 Å². The highest BCUT2D eigenvalue weighted by atomic mass is 19.4. The summed E-state index contributed by atoms with van der Waals surface area (Å²) in [7, 11) is 0. The normalized spacial score (nSPS) is 22.6. The summed E-state index contributed by atoms with van der Waals surface area (Å²) >= 11 is 0. The second-order valence-electron chi connectivity index (χ2n) is 8.44. The summed E-state index contributed by atoms with van der Waals surface area (Å²) < 4.78 is 41.0. The highest BCUT2D eigenvalue weighted by Gasteiger charge is 2.37. The molecule has 164 valence electrons. The van der Waals surface area contributed by atoms with Crippen molar-refractivity contribution < 1.29 is 13.2 Å². The third-order valence-corrected chi connectivity index (χ3v) is 6.33. The minimum absolute atomic E-state index is 0.0311. The van der Waals surface area contributed by atoms with Crippen LogP contribution in [0.25, 0.3) is 11.0 Å². The molecule has 2 aliphatic rings. The summed E-state index contributed by atoms with van der Waals surface area (Å²) in [5, 5.41) is 4.88. The molecule has 0 aromatic carbocycles. The highest BCUT2D eigenvalue weighted by Crippen LogP contribution is 2.35. The van der Waals surface area contributed by atoms with Gasteiger partial charge in [0.1, 0.15) is 16.9 Å². The van der Waals surface area contributed by atoms with Crippen LogP contribution in [-0.2, 0) is 6.18 Å². The largest absolute Gasteiger partial charge is 0.433 e. The minimum atomic E-state index is -4.53. The van der Waals surface area contributed by atoms with Crippen molar-refractivity contribution in [1.82, 2.24) is 29.7 Å². The monoisotopic (exact) mass is 433 g/mol. The van der Waals surface area contributed by atoms with E-state index in [1.54, 1.807) is 11.1 Å². The predicted molar refractivity (Wildman–Crippen MR) is 107 cm³/mol. The maximum absolute atomic E-state index is 13.0. The van der Waals surface area contributed by atoms with E-state index in [0.717, 1.165) is 37.9 Å². The third kappa shape index (κ3) is 3.55. The molecule has 5 rings (SSSR count). The summed E-state index contributed by atoms with van der Waals surface area (Å²) in [4.78, 5) is 29.7. The number of aromatic amines is 1. The molecule has 1 saturated carbocycles. The molecule has 0 bridgehead atoms. The van der Waals surface area contributed by atoms with Gasteiger partial charge in [-0.15, -0.1) is 0 Å². The van der Waals surface area contributed by atoms with Gasteiger partial charge >= 0.3 is 6.18 Å². The van der Waals surface area contributed by atoms with Gasteiger partial charge in [0.2, 0.25) is 5.95 Å². The fourth-order valence-corrected chi connectivity index (χ4v) is 4.69. The number of hydrogen-bond donors (Lipinski definition) is 1. The number of fused-ring (bicyclic) bond motifs is 1. The second kappa shape index (κ2) is 7.31. The minimum Gasteiger partial charge on any atom is -0.340 e. The van der Waals surface area contributed by atoms with Crippen LogP contribution in [0.2, 0.25) is 0 Å². The number of alkyl halides is 3. The van der Waals surface area contributed by atoms with Gasteiger partial charge in [0, 0.05) is 25.2 Å². The Morgan fingerprint density at radius 1 is 1.16 bits per heavy atom. The molecule has 0 amide bonds. The first-order valence-corrected chi connectivity index (χ1v) is 10.4. The lowest BCUT2D eigenvalue weighted by Crippen LogP contribution is -2.24. The molecule has 1 N–H and O–H groups in total. The SMILES string of the molecule is C[C@@H]1CN(c2nccc(C(F)(F)F)n2)C[C@H]1c1nc2c(cnn2C2CCCC2)c(=O)[nH]1. The lowest BCUT2D eigenvalue weighted by atomic mass is 9.97. The zero-order chi connectivity index (χ0) is 21.8. The summed E-state index contributed by atoms with van der Waals surface area (Å²) in [6.07, 6.45) is 2.45. The van der Waals surface area contributed by atoms with E-state index in [1.165, 1.54) is 0 Å². The number of nitrogens with zero attached hydrogens (tertiary/aromatic N) is 6. The first-order chi connectivity index (χ1) is 14.8. The Morgan fingerprint density at radius 2 is 1.94 bits per heavy atom. The van der Waals surface area contributed by atoms with E-state index in [-0.39, 0.29) is 29.4 Å². The van der Waals surface area contributed by atoms with Gasteiger partial charge in [-0.25, -0.2) is 19.6 Å². The van der Waals surface area contributed by atoms with Crippen LogP contribution >= 0.6 is 0 Å². The number of rotatable bonds is 3. The zero-order valence-electron chi connectivity index (χ0n) is 16.9. The molecule has 3 aromatic heterocycles. The maximum atomic E-state index is 13.0. The van der Waals surface area contributed by atoms with Crippen molar-refractivity contribution in [3.63, 3.8) is 0 Å². The number of nitrogens with one attached hydrogen (secondary N) is 1. The molecular weight excluding hydrogens is 411 g/mol. The number of H-pyrrole nitrogens is 1. The second-order valence-corrected chi connectivity index (χ2v) is 8.44. The molecular formula is C20H22F3N7O. The lowest BCUT2D eigenvalue weighted by molar-refractivity contribution is -0.141. The van der Waals surface area contributed by atoms with Crippen molar-refractivity contribution in [3.05, 3.63) is 40.3 Å². The number of anilines is 1. The standard InChI is InChI=1S/C20H22F3N7O/c1-11-9-29(19-24-7-6-15(26-19)20(21,22)23)10-14(11)16-27-17-13(18(31)28-16)8-25-30(17)12-4-2-3-5-12/h6-8,11-12,14H,2-5,9-10H2,1H3,(H,27,28,31)/t11-,14-/m1/s1. The summed E-state index contributed by atoms with van der Waals surface area (Å²) in [5.41, 5.74) is -0.640. The molecule has 4 heterocycles. The van der Waals surface area contributed by atoms with Crippen molar-refractivity contribution in [3.8, 4) is 0 Å². The number of hydrogen-bond acceptors (Lipinski definition) is 6. The predicted octanol–water partition coefficient (Wildman–Crippen LogP) is 3.28. The molecule has 2 atom stereocenters. The van der Waals surface area contributed by atoms with Crippen LogP contribution in [-0.4, -0.2) is 42.8 Å². The first kappa shape index (κ1) is 20.0. The number of halogens is 3. The average molecular weight is 433 g/mol. The van der Waals surface area contributed by atoms with Gasteiger partial charge in [0.25, 0.3) is 5.56 Å². The molecule has 11 heteroatoms. The van der Waals surface area contributed by atoms with Gasteiger partial charge in [-0.3, -0.25) is 4.79 Å². The fraction of sp³-hybridized carbons (Fsp3) is 0.550. The smallest absolute Gasteiger partial charge is 0.340 e. The van der Waals surface area contributed by atoms with Crippen LogP contribution in [0.3, 0.4) is 0 Å². The van der Waals surface area contributed by atoms with E-state index in [9.17, 15) is 18.0 Å². The van der Waals surface area contributed by atoms with Crippen molar-refractivity contribution in [2.45, 2.75) is 50.7 Å². The molecule has 1 aliphatic carbocycles. The molecule has 1 saturated heterocycles. The van der Waals surface area contributed by atoms with Gasteiger partial charge in [-0.2, -0.15) is 18.3 Å². The Morgan fingerprint density at radius 3 is 2.68 bits per heavy atom. The van der Waals surface area contributed by atoms with Crippen LogP contribution in [0, 0.1) is 5.92 Å². The molecule has 0 radical (unpaired) electrons. The third-order valence-electron chi connectivity index (χ3n) is 6.33. The van der Waals surface area contributed by atoms with Crippen molar-refractivity contribution >= 4 is 17.0 Å². The Kier molecular flexibility index (Phi) is 4.71. The first-order valence-electron chi connectivity index (χ1n) is 10.4. The zero-order valence-corrected chi connectivity index (χ0v) is 16.9. The highest BCUT2D eigenvalue weighted by molar-refractivity contribution is 5.73. The van der Waals surface area contributed by atoms with E-state index in [0.29, 0.717) is 29.9 Å². The van der Waals surface area contributed by atoms with E-state index in [2.05, 4.69) is 20.1 Å². The Bertz CT molecular complexity index is 1170. The average Bonchev–Trinajstić information content (AvgIpc) is 3.46. The summed E-state index contributed by atoms with van der Waals surface area (Å²) in [5.74, 6) is 0.437. The fourth-order valence-electron chi connectivity index (χ4n) is 4.69. The Labute approximate surface area is 175 Å². The topological polar surface area (TPSA) is 92.6 Å². The molecule has 3 aromatic rings. The Balaban J connectivity index is 1.47. The number of aromatic nitrogens is 6. The quantitative estimate of drug-likeness (QED) is 0.682. The molecule has 2 fully saturated rings. The van der Waals surface area contributed by atoms with Gasteiger partial charge in [-0.05, 0) is 24.8 Å². The van der Waals surface area contributed by atoms with Gasteiger partial charge in [-0.1, -0.05) is 19.8 Å². The maximum Gasteiger partial charge on any atom is 0.433 e. The van der Waals surface area contributed by atoms with Crippen LogP contribution in [0.5, 0.6) is 0 Å². The lowest BCUT2D eigenvalue weighted by Gasteiger charge is -2.17. The van der Waals surface area contributed by atoms with Crippen molar-refractivity contribution in [2.24, 2.45) is 5.92 Å². The van der Waals surface area contributed by atoms with Crippen LogP contribution in [0.4, 0.5) is 19.1 Å². The van der Waals surface area contributed by atoms with Gasteiger partial charge in [0.15, 0.2) is 5.65 Å². The van der Waals surface area contributed by atoms with Crippen LogP contribution in [0.1, 0.15) is 56.1 Å².